The van der Waals surface area contributed by atoms with Crippen LogP contribution in [-0.4, -0.2) is 29.8 Å². The predicted molar refractivity (Wildman–Crippen MR) is 85.3 cm³/mol. The summed E-state index contributed by atoms with van der Waals surface area (Å²) in [6.45, 7) is 2.48. The van der Waals surface area contributed by atoms with Gasteiger partial charge in [-0.05, 0) is 31.2 Å². The highest BCUT2D eigenvalue weighted by molar-refractivity contribution is 5.77. The highest BCUT2D eigenvalue weighted by Gasteiger charge is 2.19. The van der Waals surface area contributed by atoms with E-state index in [-0.39, 0.29) is 11.6 Å². The largest absolute Gasteiger partial charge is 0.507 e. The second-order valence-corrected chi connectivity index (χ2v) is 5.19. The minimum absolute atomic E-state index is 0.141. The molecule has 0 aliphatic carbocycles. The Hall–Kier alpha value is -2.78. The fourth-order valence-electron chi connectivity index (χ4n) is 2.64. The number of nitrogen functional groups attached to an aromatic ring is 1. The van der Waals surface area contributed by atoms with Crippen LogP contribution in [0.2, 0.25) is 0 Å². The van der Waals surface area contributed by atoms with Gasteiger partial charge in [0.25, 0.3) is 0 Å². The van der Waals surface area contributed by atoms with E-state index in [9.17, 15) is 10.4 Å². The molecule has 0 radical (unpaired) electrons. The number of aromatic hydroxyl groups is 1. The second-order valence-electron chi connectivity index (χ2n) is 5.19. The van der Waals surface area contributed by atoms with E-state index in [2.05, 4.69) is 21.3 Å². The number of nitrogens with zero attached hydrogens (tertiary/aromatic N) is 3. The summed E-state index contributed by atoms with van der Waals surface area (Å²) < 4.78 is 0. The Kier molecular flexibility index (Phi) is 3.81. The summed E-state index contributed by atoms with van der Waals surface area (Å²) in [6, 6.07) is 10.9. The number of rotatable bonds is 2. The van der Waals surface area contributed by atoms with E-state index in [0.29, 0.717) is 23.5 Å². The fourth-order valence-corrected chi connectivity index (χ4v) is 2.64. The topological polar surface area (TPSA) is 98.2 Å². The van der Waals surface area contributed by atoms with Crippen LogP contribution in [0.15, 0.2) is 30.3 Å². The number of hydrogen-bond acceptors (Lipinski definition) is 6. The van der Waals surface area contributed by atoms with Crippen molar-refractivity contribution >= 4 is 11.5 Å². The molecule has 1 aromatic carbocycles. The molecular weight excluding hydrogens is 278 g/mol. The van der Waals surface area contributed by atoms with Crippen LogP contribution in [0, 0.1) is 11.3 Å². The van der Waals surface area contributed by atoms with Crippen molar-refractivity contribution in [1.29, 1.82) is 5.26 Å². The first kappa shape index (κ1) is 14.2. The van der Waals surface area contributed by atoms with Crippen molar-refractivity contribution < 1.29 is 5.11 Å². The number of aromatic nitrogens is 1. The molecule has 1 fully saturated rings. The smallest absolute Gasteiger partial charge is 0.144 e. The quantitative estimate of drug-likeness (QED) is 0.779. The lowest BCUT2D eigenvalue weighted by Crippen LogP contribution is -2.42. The highest BCUT2D eigenvalue weighted by Crippen LogP contribution is 2.33. The van der Waals surface area contributed by atoms with Crippen molar-refractivity contribution in [3.05, 3.63) is 35.9 Å². The van der Waals surface area contributed by atoms with Crippen molar-refractivity contribution in [2.75, 3.05) is 30.4 Å². The second kappa shape index (κ2) is 5.92. The average molecular weight is 295 g/mol. The van der Waals surface area contributed by atoms with Gasteiger partial charge in [0.1, 0.15) is 23.2 Å². The molecule has 6 nitrogen and oxygen atoms in total. The predicted octanol–water partition coefficient (Wildman–Crippen LogP) is 1.67. The van der Waals surface area contributed by atoms with Crippen molar-refractivity contribution in [3.63, 3.8) is 0 Å². The number of phenols is 1. The minimum Gasteiger partial charge on any atom is -0.507 e. The maximum absolute atomic E-state index is 10.0. The summed E-state index contributed by atoms with van der Waals surface area (Å²) in [5.41, 5.74) is 8.26. The number of benzene rings is 1. The Labute approximate surface area is 128 Å². The van der Waals surface area contributed by atoms with E-state index in [1.807, 2.05) is 12.1 Å². The SMILES string of the molecule is N#Cc1c(N2CCCNC2)cc(-c2ccccc2O)nc1N. The number of nitriles is 1. The first-order chi connectivity index (χ1) is 10.7. The molecule has 22 heavy (non-hydrogen) atoms. The van der Waals surface area contributed by atoms with Crippen LogP contribution in [0.1, 0.15) is 12.0 Å². The van der Waals surface area contributed by atoms with Crippen molar-refractivity contribution in [2.24, 2.45) is 0 Å². The van der Waals surface area contributed by atoms with Crippen LogP contribution in [0.25, 0.3) is 11.3 Å². The van der Waals surface area contributed by atoms with Crippen molar-refractivity contribution in [1.82, 2.24) is 10.3 Å². The van der Waals surface area contributed by atoms with E-state index in [4.69, 9.17) is 5.73 Å². The molecule has 0 atom stereocenters. The zero-order valence-corrected chi connectivity index (χ0v) is 12.1. The molecule has 2 aromatic rings. The lowest BCUT2D eigenvalue weighted by atomic mass is 10.1. The number of phenolic OH excluding ortho intramolecular Hbond substituents is 1. The molecule has 6 heteroatoms. The van der Waals surface area contributed by atoms with Crippen LogP contribution in [0.3, 0.4) is 0 Å². The average Bonchev–Trinajstić information content (AvgIpc) is 2.55. The van der Waals surface area contributed by atoms with Gasteiger partial charge in [0.15, 0.2) is 0 Å². The number of anilines is 2. The van der Waals surface area contributed by atoms with Gasteiger partial charge >= 0.3 is 0 Å². The highest BCUT2D eigenvalue weighted by atomic mass is 16.3. The molecule has 1 aliphatic rings. The van der Waals surface area contributed by atoms with Gasteiger partial charge in [0.2, 0.25) is 0 Å². The summed E-state index contributed by atoms with van der Waals surface area (Å²) >= 11 is 0. The number of hydrogen-bond donors (Lipinski definition) is 3. The number of para-hydroxylation sites is 1. The Morgan fingerprint density at radius 3 is 2.86 bits per heavy atom. The third-order valence-corrected chi connectivity index (χ3v) is 3.74. The molecule has 0 bridgehead atoms. The maximum Gasteiger partial charge on any atom is 0.144 e. The Morgan fingerprint density at radius 2 is 2.18 bits per heavy atom. The van der Waals surface area contributed by atoms with Crippen LogP contribution in [0.4, 0.5) is 11.5 Å². The van der Waals surface area contributed by atoms with Crippen LogP contribution < -0.4 is 16.0 Å². The summed E-state index contributed by atoms with van der Waals surface area (Å²) in [5.74, 6) is 0.325. The van der Waals surface area contributed by atoms with Crippen LogP contribution in [0.5, 0.6) is 5.75 Å². The van der Waals surface area contributed by atoms with Gasteiger partial charge in [-0.3, -0.25) is 5.32 Å². The van der Waals surface area contributed by atoms with Gasteiger partial charge in [-0.2, -0.15) is 5.26 Å². The summed E-state index contributed by atoms with van der Waals surface area (Å²) in [6.07, 6.45) is 0.999. The summed E-state index contributed by atoms with van der Waals surface area (Å²) in [5, 5.41) is 22.7. The van der Waals surface area contributed by atoms with Gasteiger partial charge in [0, 0.05) is 12.1 Å². The summed E-state index contributed by atoms with van der Waals surface area (Å²) in [4.78, 5) is 6.35. The third kappa shape index (κ3) is 2.54. The normalized spacial score (nSPS) is 14.6. The Morgan fingerprint density at radius 1 is 1.36 bits per heavy atom. The first-order valence-corrected chi connectivity index (χ1v) is 7.15. The fraction of sp³-hybridized carbons (Fsp3) is 0.250. The van der Waals surface area contributed by atoms with Gasteiger partial charge in [-0.15, -0.1) is 0 Å². The van der Waals surface area contributed by atoms with Crippen molar-refractivity contribution in [2.45, 2.75) is 6.42 Å². The molecule has 1 aliphatic heterocycles. The molecule has 2 heterocycles. The molecule has 0 amide bonds. The Bertz CT molecular complexity index is 732. The van der Waals surface area contributed by atoms with E-state index in [1.54, 1.807) is 18.2 Å². The molecule has 112 valence electrons. The molecule has 0 saturated carbocycles. The molecular formula is C16H17N5O. The molecule has 0 unspecified atom stereocenters. The number of nitrogens with one attached hydrogen (secondary N) is 1. The van der Waals surface area contributed by atoms with E-state index in [0.717, 1.165) is 25.2 Å². The molecule has 4 N–H and O–H groups in total. The number of pyridine rings is 1. The van der Waals surface area contributed by atoms with Gasteiger partial charge in [-0.25, -0.2) is 4.98 Å². The van der Waals surface area contributed by atoms with Gasteiger partial charge in [-0.1, -0.05) is 12.1 Å². The molecule has 3 rings (SSSR count). The first-order valence-electron chi connectivity index (χ1n) is 7.15. The van der Waals surface area contributed by atoms with E-state index >= 15 is 0 Å². The number of nitrogens with two attached hydrogens (primary N) is 1. The molecule has 0 spiro atoms. The lowest BCUT2D eigenvalue weighted by Gasteiger charge is -2.30. The van der Waals surface area contributed by atoms with Crippen LogP contribution >= 0.6 is 0 Å². The zero-order valence-electron chi connectivity index (χ0n) is 12.1. The third-order valence-electron chi connectivity index (χ3n) is 3.74. The Balaban J connectivity index is 2.12. The van der Waals surface area contributed by atoms with Crippen molar-refractivity contribution in [3.8, 4) is 23.1 Å². The minimum atomic E-state index is 0.141. The maximum atomic E-state index is 10.0. The van der Waals surface area contributed by atoms with E-state index in [1.165, 1.54) is 0 Å². The standard InChI is InChI=1S/C16H17N5O/c17-9-12-14(21-7-3-6-19-10-21)8-13(20-16(12)18)11-4-1-2-5-15(11)22/h1-2,4-5,8,19,22H,3,6-7,10H2,(H2,18,20). The molecule has 1 saturated heterocycles. The zero-order chi connectivity index (χ0) is 15.5. The summed E-state index contributed by atoms with van der Waals surface area (Å²) in [7, 11) is 0. The molecule has 1 aromatic heterocycles. The van der Waals surface area contributed by atoms with Gasteiger partial charge < -0.3 is 15.7 Å². The lowest BCUT2D eigenvalue weighted by molar-refractivity contribution is 0.477. The van der Waals surface area contributed by atoms with E-state index < -0.39 is 0 Å². The van der Waals surface area contributed by atoms with Crippen LogP contribution in [-0.2, 0) is 0 Å². The monoisotopic (exact) mass is 295 g/mol. The van der Waals surface area contributed by atoms with Gasteiger partial charge in [0.05, 0.1) is 18.1 Å².